The van der Waals surface area contributed by atoms with E-state index >= 15 is 0 Å². The van der Waals surface area contributed by atoms with Gasteiger partial charge in [-0.05, 0) is 36.5 Å². The van der Waals surface area contributed by atoms with Crippen LogP contribution < -0.4 is 10.6 Å². The zero-order valence-electron chi connectivity index (χ0n) is 11.6. The first-order valence-corrected chi connectivity index (χ1v) is 7.08. The van der Waals surface area contributed by atoms with Crippen LogP contribution in [0.15, 0.2) is 18.2 Å². The van der Waals surface area contributed by atoms with E-state index in [0.717, 1.165) is 18.9 Å². The quantitative estimate of drug-likeness (QED) is 0.779. The van der Waals surface area contributed by atoms with E-state index in [-0.39, 0.29) is 18.0 Å². The van der Waals surface area contributed by atoms with Crippen molar-refractivity contribution in [2.75, 3.05) is 5.32 Å². The van der Waals surface area contributed by atoms with Crippen LogP contribution in [0.4, 0.5) is 10.1 Å². The lowest BCUT2D eigenvalue weighted by Crippen LogP contribution is -2.45. The minimum atomic E-state index is -1.07. The normalized spacial score (nSPS) is 21.5. The Morgan fingerprint density at radius 2 is 2.09 bits per heavy atom. The molecule has 2 atom stereocenters. The standard InChI is InChI=1S/C15H15FN2O4/c16-8-3-4-9-10(6-12(19)17-11(9)5-8)14(20)18-13(15(21)22)7-1-2-7/h3-5,7,10,13H,1-2,6H2,(H,17,19)(H,18,20)(H,21,22). The lowest BCUT2D eigenvalue weighted by molar-refractivity contribution is -0.142. The van der Waals surface area contributed by atoms with Crippen molar-refractivity contribution in [2.24, 2.45) is 5.92 Å². The molecule has 22 heavy (non-hydrogen) atoms. The molecule has 1 aliphatic carbocycles. The minimum absolute atomic E-state index is 0.0495. The molecular weight excluding hydrogens is 291 g/mol. The van der Waals surface area contributed by atoms with Gasteiger partial charge >= 0.3 is 5.97 Å². The molecular formula is C15H15FN2O4. The summed E-state index contributed by atoms with van der Waals surface area (Å²) in [5.74, 6) is -3.34. The molecule has 2 aliphatic rings. The molecule has 0 spiro atoms. The number of carboxylic acids is 1. The molecule has 1 aliphatic heterocycles. The van der Waals surface area contributed by atoms with E-state index in [1.54, 1.807) is 0 Å². The zero-order chi connectivity index (χ0) is 15.9. The Hall–Kier alpha value is -2.44. The van der Waals surface area contributed by atoms with E-state index in [1.165, 1.54) is 12.1 Å². The SMILES string of the molecule is O=C1CC(C(=O)NC(C(=O)O)C2CC2)c2ccc(F)cc2N1. The van der Waals surface area contributed by atoms with Gasteiger partial charge in [0.25, 0.3) is 0 Å². The van der Waals surface area contributed by atoms with Crippen LogP contribution >= 0.6 is 0 Å². The highest BCUT2D eigenvalue weighted by atomic mass is 19.1. The monoisotopic (exact) mass is 306 g/mol. The van der Waals surface area contributed by atoms with Crippen molar-refractivity contribution in [3.8, 4) is 0 Å². The van der Waals surface area contributed by atoms with Crippen molar-refractivity contribution in [1.82, 2.24) is 5.32 Å². The smallest absolute Gasteiger partial charge is 0.326 e. The molecule has 116 valence electrons. The second kappa shape index (κ2) is 5.40. The van der Waals surface area contributed by atoms with Crippen LogP contribution in [0.25, 0.3) is 0 Å². The van der Waals surface area contributed by atoms with E-state index < -0.39 is 35.6 Å². The minimum Gasteiger partial charge on any atom is -0.480 e. The number of carboxylic acid groups (broad SMARTS) is 1. The van der Waals surface area contributed by atoms with Crippen LogP contribution in [0.2, 0.25) is 0 Å². The molecule has 1 saturated carbocycles. The summed E-state index contributed by atoms with van der Waals surface area (Å²) in [5.41, 5.74) is 0.758. The molecule has 6 nitrogen and oxygen atoms in total. The summed E-state index contributed by atoms with van der Waals surface area (Å²) in [6.07, 6.45) is 1.45. The van der Waals surface area contributed by atoms with Crippen molar-refractivity contribution in [2.45, 2.75) is 31.2 Å². The predicted molar refractivity (Wildman–Crippen MR) is 74.7 cm³/mol. The summed E-state index contributed by atoms with van der Waals surface area (Å²) in [4.78, 5) is 35.3. The van der Waals surface area contributed by atoms with E-state index in [1.807, 2.05) is 0 Å². The van der Waals surface area contributed by atoms with Gasteiger partial charge in [0.05, 0.1) is 5.92 Å². The molecule has 0 bridgehead atoms. The van der Waals surface area contributed by atoms with E-state index in [0.29, 0.717) is 5.56 Å². The summed E-state index contributed by atoms with van der Waals surface area (Å²) in [7, 11) is 0. The van der Waals surface area contributed by atoms with Gasteiger partial charge in [-0.15, -0.1) is 0 Å². The first-order chi connectivity index (χ1) is 10.5. The zero-order valence-corrected chi connectivity index (χ0v) is 11.6. The number of hydrogen-bond acceptors (Lipinski definition) is 3. The third kappa shape index (κ3) is 2.79. The molecule has 2 unspecified atom stereocenters. The number of halogens is 1. The second-order valence-corrected chi connectivity index (χ2v) is 5.70. The average Bonchev–Trinajstić information content (AvgIpc) is 3.27. The number of rotatable bonds is 4. The Kier molecular flexibility index (Phi) is 3.56. The van der Waals surface area contributed by atoms with Crippen LogP contribution in [-0.4, -0.2) is 28.9 Å². The van der Waals surface area contributed by atoms with Crippen molar-refractivity contribution in [3.05, 3.63) is 29.6 Å². The number of nitrogens with one attached hydrogen (secondary N) is 2. The summed E-state index contributed by atoms with van der Waals surface area (Å²) in [6.45, 7) is 0. The highest BCUT2D eigenvalue weighted by Crippen LogP contribution is 2.35. The number of aliphatic carboxylic acids is 1. The third-order valence-corrected chi connectivity index (χ3v) is 4.03. The fourth-order valence-corrected chi connectivity index (χ4v) is 2.74. The number of benzene rings is 1. The Bertz CT molecular complexity index is 657. The Morgan fingerprint density at radius 3 is 2.73 bits per heavy atom. The van der Waals surface area contributed by atoms with Crippen LogP contribution in [0.1, 0.15) is 30.7 Å². The summed E-state index contributed by atoms with van der Waals surface area (Å²) >= 11 is 0. The molecule has 0 radical (unpaired) electrons. The Morgan fingerprint density at radius 1 is 1.36 bits per heavy atom. The van der Waals surface area contributed by atoms with Crippen LogP contribution in [0, 0.1) is 11.7 Å². The van der Waals surface area contributed by atoms with Crippen molar-refractivity contribution >= 4 is 23.5 Å². The number of amides is 2. The van der Waals surface area contributed by atoms with Gasteiger partial charge in [-0.2, -0.15) is 0 Å². The summed E-state index contributed by atoms with van der Waals surface area (Å²) < 4.78 is 13.3. The molecule has 2 amide bonds. The van der Waals surface area contributed by atoms with Crippen molar-refractivity contribution in [3.63, 3.8) is 0 Å². The van der Waals surface area contributed by atoms with Gasteiger partial charge in [0.1, 0.15) is 11.9 Å². The van der Waals surface area contributed by atoms with Gasteiger partial charge in [-0.3, -0.25) is 9.59 Å². The first-order valence-electron chi connectivity index (χ1n) is 7.08. The highest BCUT2D eigenvalue weighted by Gasteiger charge is 2.39. The van der Waals surface area contributed by atoms with Crippen LogP contribution in [0.3, 0.4) is 0 Å². The number of carbonyl (C=O) groups excluding carboxylic acids is 2. The summed E-state index contributed by atoms with van der Waals surface area (Å²) in [6, 6.07) is 2.89. The highest BCUT2D eigenvalue weighted by molar-refractivity contribution is 6.01. The van der Waals surface area contributed by atoms with Crippen LogP contribution in [-0.2, 0) is 14.4 Å². The maximum absolute atomic E-state index is 13.3. The molecule has 1 aromatic rings. The number of hydrogen-bond donors (Lipinski definition) is 3. The van der Waals surface area contributed by atoms with Gasteiger partial charge in [0.2, 0.25) is 11.8 Å². The summed E-state index contributed by atoms with van der Waals surface area (Å²) in [5, 5.41) is 14.2. The number of fused-ring (bicyclic) bond motifs is 1. The van der Waals surface area contributed by atoms with Gasteiger partial charge < -0.3 is 15.7 Å². The molecule has 7 heteroatoms. The molecule has 1 heterocycles. The largest absolute Gasteiger partial charge is 0.480 e. The lowest BCUT2D eigenvalue weighted by Gasteiger charge is -2.26. The number of carbonyl (C=O) groups is 3. The fourth-order valence-electron chi connectivity index (χ4n) is 2.74. The second-order valence-electron chi connectivity index (χ2n) is 5.70. The van der Waals surface area contributed by atoms with E-state index in [2.05, 4.69) is 10.6 Å². The van der Waals surface area contributed by atoms with E-state index in [9.17, 15) is 23.9 Å². The Labute approximate surface area is 125 Å². The third-order valence-electron chi connectivity index (χ3n) is 4.03. The molecule has 3 N–H and O–H groups in total. The molecule has 3 rings (SSSR count). The van der Waals surface area contributed by atoms with Gasteiger partial charge in [0, 0.05) is 12.1 Å². The molecule has 0 aromatic heterocycles. The van der Waals surface area contributed by atoms with Crippen LogP contribution in [0.5, 0.6) is 0 Å². The average molecular weight is 306 g/mol. The molecule has 1 aromatic carbocycles. The lowest BCUT2D eigenvalue weighted by atomic mass is 9.89. The van der Waals surface area contributed by atoms with Gasteiger partial charge in [-0.25, -0.2) is 9.18 Å². The van der Waals surface area contributed by atoms with Gasteiger partial charge in [-0.1, -0.05) is 6.07 Å². The van der Waals surface area contributed by atoms with Crippen molar-refractivity contribution < 1.29 is 23.9 Å². The first kappa shape index (κ1) is 14.5. The maximum Gasteiger partial charge on any atom is 0.326 e. The molecule has 1 fully saturated rings. The number of anilines is 1. The predicted octanol–water partition coefficient (Wildman–Crippen LogP) is 1.23. The maximum atomic E-state index is 13.3. The van der Waals surface area contributed by atoms with Crippen molar-refractivity contribution in [1.29, 1.82) is 0 Å². The van der Waals surface area contributed by atoms with E-state index in [4.69, 9.17) is 0 Å². The molecule has 0 saturated heterocycles. The van der Waals surface area contributed by atoms with Gasteiger partial charge in [0.15, 0.2) is 0 Å². The fraction of sp³-hybridized carbons (Fsp3) is 0.400. The topological polar surface area (TPSA) is 95.5 Å². The Balaban J connectivity index is 1.83.